The molecule has 0 radical (unpaired) electrons. The number of methoxy groups -OCH3 is 1. The van der Waals surface area contributed by atoms with Crippen LogP contribution in [0.15, 0.2) is 0 Å². The lowest BCUT2D eigenvalue weighted by Gasteiger charge is -2.29. The molecule has 1 N–H and O–H groups in total. The molecule has 1 aliphatic heterocycles. The van der Waals surface area contributed by atoms with E-state index in [1.54, 1.807) is 0 Å². The second-order valence-electron chi connectivity index (χ2n) is 4.78. The fraction of sp³-hybridized carbons (Fsp3) is 0.833. The van der Waals surface area contributed by atoms with Crippen molar-refractivity contribution in [1.29, 1.82) is 0 Å². The summed E-state index contributed by atoms with van der Waals surface area (Å²) in [7, 11) is 1.43. The van der Waals surface area contributed by atoms with E-state index in [4.69, 9.17) is 4.74 Å². The molecule has 2 rings (SSSR count). The Hall–Kier alpha value is -0.900. The van der Waals surface area contributed by atoms with E-state index in [0.29, 0.717) is 30.5 Å². The van der Waals surface area contributed by atoms with Gasteiger partial charge < -0.3 is 10.1 Å². The molecule has 16 heavy (non-hydrogen) atoms. The highest BCUT2D eigenvalue weighted by Gasteiger charge is 2.39. The quantitative estimate of drug-likeness (QED) is 0.709. The molecule has 0 bridgehead atoms. The molecule has 1 saturated heterocycles. The fourth-order valence-corrected chi connectivity index (χ4v) is 3.01. The molecule has 0 amide bonds. The van der Waals surface area contributed by atoms with E-state index in [-0.39, 0.29) is 12.0 Å². The molecule has 2 unspecified atom stereocenters. The summed E-state index contributed by atoms with van der Waals surface area (Å²) in [5.74, 6) is 1.09. The van der Waals surface area contributed by atoms with Crippen LogP contribution in [-0.4, -0.2) is 31.4 Å². The number of carbonyl (C=O) groups is 2. The van der Waals surface area contributed by atoms with Gasteiger partial charge in [-0.05, 0) is 37.6 Å². The fourth-order valence-electron chi connectivity index (χ4n) is 3.01. The highest BCUT2D eigenvalue weighted by Crippen LogP contribution is 2.34. The van der Waals surface area contributed by atoms with Crippen molar-refractivity contribution in [2.24, 2.45) is 11.8 Å². The van der Waals surface area contributed by atoms with E-state index in [2.05, 4.69) is 5.32 Å². The SMILES string of the molecule is COC(=O)C1NCCC1C1CCC(=O)CC1. The topological polar surface area (TPSA) is 55.4 Å². The molecule has 1 heterocycles. The Morgan fingerprint density at radius 2 is 2.00 bits per heavy atom. The Bertz CT molecular complexity index is 280. The predicted octanol–water partition coefficient (Wildman–Crippen LogP) is 0.897. The Morgan fingerprint density at radius 1 is 1.31 bits per heavy atom. The molecule has 0 aromatic carbocycles. The van der Waals surface area contributed by atoms with Gasteiger partial charge in [0.05, 0.1) is 7.11 Å². The van der Waals surface area contributed by atoms with Crippen molar-refractivity contribution in [1.82, 2.24) is 5.32 Å². The maximum atomic E-state index is 11.6. The molecular formula is C12H19NO3. The summed E-state index contributed by atoms with van der Waals surface area (Å²) in [6.45, 7) is 0.884. The van der Waals surface area contributed by atoms with Crippen LogP contribution in [-0.2, 0) is 14.3 Å². The van der Waals surface area contributed by atoms with E-state index < -0.39 is 0 Å². The number of Topliss-reactive ketones (excluding diaryl/α,β-unsaturated/α-hetero) is 1. The molecule has 90 valence electrons. The summed E-state index contributed by atoms with van der Waals surface area (Å²) < 4.78 is 4.81. The van der Waals surface area contributed by atoms with Gasteiger partial charge in [0, 0.05) is 12.8 Å². The van der Waals surface area contributed by atoms with Crippen molar-refractivity contribution in [2.75, 3.05) is 13.7 Å². The van der Waals surface area contributed by atoms with Crippen LogP contribution in [0.2, 0.25) is 0 Å². The third-order valence-electron chi connectivity index (χ3n) is 3.92. The molecule has 0 aromatic heterocycles. The van der Waals surface area contributed by atoms with Crippen molar-refractivity contribution < 1.29 is 14.3 Å². The Kier molecular flexibility index (Phi) is 3.59. The number of hydrogen-bond donors (Lipinski definition) is 1. The standard InChI is InChI=1S/C12H19NO3/c1-16-12(15)11-10(6-7-13-11)8-2-4-9(14)5-3-8/h8,10-11,13H,2-7H2,1H3. The molecule has 0 spiro atoms. The summed E-state index contributed by atoms with van der Waals surface area (Å²) in [5, 5.41) is 3.21. The van der Waals surface area contributed by atoms with Gasteiger partial charge in [0.2, 0.25) is 0 Å². The van der Waals surface area contributed by atoms with Crippen LogP contribution in [0.25, 0.3) is 0 Å². The van der Waals surface area contributed by atoms with E-state index in [0.717, 1.165) is 25.8 Å². The van der Waals surface area contributed by atoms with Crippen LogP contribution >= 0.6 is 0 Å². The third kappa shape index (κ3) is 2.26. The predicted molar refractivity (Wildman–Crippen MR) is 58.9 cm³/mol. The summed E-state index contributed by atoms with van der Waals surface area (Å²) >= 11 is 0. The Labute approximate surface area is 95.7 Å². The van der Waals surface area contributed by atoms with Gasteiger partial charge in [0.1, 0.15) is 11.8 Å². The van der Waals surface area contributed by atoms with Crippen molar-refractivity contribution in [3.63, 3.8) is 0 Å². The van der Waals surface area contributed by atoms with Gasteiger partial charge in [-0.2, -0.15) is 0 Å². The molecule has 2 fully saturated rings. The average Bonchev–Trinajstić information content (AvgIpc) is 2.78. The molecular weight excluding hydrogens is 206 g/mol. The van der Waals surface area contributed by atoms with Gasteiger partial charge in [-0.25, -0.2) is 0 Å². The first-order chi connectivity index (χ1) is 7.72. The van der Waals surface area contributed by atoms with Crippen LogP contribution in [0.4, 0.5) is 0 Å². The van der Waals surface area contributed by atoms with Crippen LogP contribution in [0.1, 0.15) is 32.1 Å². The average molecular weight is 225 g/mol. The molecule has 2 atom stereocenters. The molecule has 1 saturated carbocycles. The van der Waals surface area contributed by atoms with Gasteiger partial charge in [-0.3, -0.25) is 9.59 Å². The third-order valence-corrected chi connectivity index (χ3v) is 3.92. The van der Waals surface area contributed by atoms with Gasteiger partial charge in [0.25, 0.3) is 0 Å². The Balaban J connectivity index is 1.97. The second kappa shape index (κ2) is 4.95. The maximum Gasteiger partial charge on any atom is 0.323 e. The molecule has 4 nitrogen and oxygen atoms in total. The smallest absolute Gasteiger partial charge is 0.323 e. The van der Waals surface area contributed by atoms with Gasteiger partial charge in [-0.1, -0.05) is 0 Å². The highest BCUT2D eigenvalue weighted by atomic mass is 16.5. The largest absolute Gasteiger partial charge is 0.468 e. The molecule has 4 heteroatoms. The number of nitrogens with one attached hydrogen (secondary N) is 1. The van der Waals surface area contributed by atoms with Crippen molar-refractivity contribution >= 4 is 11.8 Å². The minimum atomic E-state index is -0.153. The number of hydrogen-bond acceptors (Lipinski definition) is 4. The van der Waals surface area contributed by atoms with Crippen LogP contribution in [0.3, 0.4) is 0 Å². The van der Waals surface area contributed by atoms with Gasteiger partial charge >= 0.3 is 5.97 Å². The normalized spacial score (nSPS) is 31.7. The van der Waals surface area contributed by atoms with E-state index in [1.165, 1.54) is 7.11 Å². The van der Waals surface area contributed by atoms with Gasteiger partial charge in [-0.15, -0.1) is 0 Å². The van der Waals surface area contributed by atoms with Crippen LogP contribution in [0.5, 0.6) is 0 Å². The number of carbonyl (C=O) groups excluding carboxylic acids is 2. The molecule has 2 aliphatic rings. The minimum Gasteiger partial charge on any atom is -0.468 e. The highest BCUT2D eigenvalue weighted by molar-refractivity contribution is 5.79. The van der Waals surface area contributed by atoms with Gasteiger partial charge in [0.15, 0.2) is 0 Å². The number of rotatable bonds is 2. The van der Waals surface area contributed by atoms with Crippen molar-refractivity contribution in [3.8, 4) is 0 Å². The van der Waals surface area contributed by atoms with E-state index in [1.807, 2.05) is 0 Å². The summed E-state index contributed by atoms with van der Waals surface area (Å²) in [6, 6.07) is -0.150. The lowest BCUT2D eigenvalue weighted by Crippen LogP contribution is -2.40. The maximum absolute atomic E-state index is 11.6. The van der Waals surface area contributed by atoms with Crippen LogP contribution in [0, 0.1) is 11.8 Å². The summed E-state index contributed by atoms with van der Waals surface area (Å²) in [5.41, 5.74) is 0. The first-order valence-electron chi connectivity index (χ1n) is 6.05. The first kappa shape index (κ1) is 11.6. The Morgan fingerprint density at radius 3 is 2.62 bits per heavy atom. The van der Waals surface area contributed by atoms with Crippen molar-refractivity contribution in [2.45, 2.75) is 38.1 Å². The zero-order valence-electron chi connectivity index (χ0n) is 9.70. The van der Waals surface area contributed by atoms with Crippen LogP contribution < -0.4 is 5.32 Å². The lowest BCUT2D eigenvalue weighted by molar-refractivity contribution is -0.144. The zero-order chi connectivity index (χ0) is 11.5. The summed E-state index contributed by atoms with van der Waals surface area (Å²) in [6.07, 6.45) is 4.29. The number of ketones is 1. The lowest BCUT2D eigenvalue weighted by atomic mass is 9.76. The van der Waals surface area contributed by atoms with Crippen molar-refractivity contribution in [3.05, 3.63) is 0 Å². The first-order valence-corrected chi connectivity index (χ1v) is 6.05. The number of esters is 1. The number of ether oxygens (including phenoxy) is 1. The monoisotopic (exact) mass is 225 g/mol. The van der Waals surface area contributed by atoms with E-state index in [9.17, 15) is 9.59 Å². The molecule has 1 aliphatic carbocycles. The zero-order valence-corrected chi connectivity index (χ0v) is 9.70. The minimum absolute atomic E-state index is 0.150. The second-order valence-corrected chi connectivity index (χ2v) is 4.78. The summed E-state index contributed by atoms with van der Waals surface area (Å²) in [4.78, 5) is 22.8. The molecule has 0 aromatic rings. The van der Waals surface area contributed by atoms with E-state index >= 15 is 0 Å².